The molecule has 0 aliphatic heterocycles. The Balaban J connectivity index is 1.60. The minimum Gasteiger partial charge on any atom is -0.339 e. The van der Waals surface area contributed by atoms with Crippen molar-refractivity contribution >= 4 is 0 Å². The van der Waals surface area contributed by atoms with Gasteiger partial charge in [-0.05, 0) is 17.5 Å². The molecule has 4 rings (SSSR count). The quantitative estimate of drug-likeness (QED) is 0.503. The molecular formula is C21H22N6O2. The Hall–Kier alpha value is -3.55. The van der Waals surface area contributed by atoms with Crippen LogP contribution in [0.15, 0.2) is 58.2 Å². The highest BCUT2D eigenvalue weighted by atomic mass is 16.5. The van der Waals surface area contributed by atoms with Gasteiger partial charge in [0.2, 0.25) is 17.1 Å². The summed E-state index contributed by atoms with van der Waals surface area (Å²) in [5.41, 5.74) is 2.96. The van der Waals surface area contributed by atoms with E-state index in [9.17, 15) is 4.79 Å². The van der Waals surface area contributed by atoms with Crippen LogP contribution in [0.1, 0.15) is 31.0 Å². The van der Waals surface area contributed by atoms with Crippen molar-refractivity contribution in [2.24, 2.45) is 13.0 Å². The molecule has 0 spiro atoms. The summed E-state index contributed by atoms with van der Waals surface area (Å²) in [6.07, 6.45) is 6.34. The molecule has 1 aromatic carbocycles. The number of hydrogen-bond acceptors (Lipinski definition) is 6. The molecule has 8 nitrogen and oxygen atoms in total. The minimum absolute atomic E-state index is 0.102. The van der Waals surface area contributed by atoms with E-state index in [1.807, 2.05) is 37.5 Å². The van der Waals surface area contributed by atoms with Crippen LogP contribution in [-0.4, -0.2) is 29.7 Å². The van der Waals surface area contributed by atoms with E-state index in [4.69, 9.17) is 4.52 Å². The fourth-order valence-electron chi connectivity index (χ4n) is 3.06. The highest BCUT2D eigenvalue weighted by molar-refractivity contribution is 5.55. The molecule has 3 heterocycles. The molecule has 0 bridgehead atoms. The summed E-state index contributed by atoms with van der Waals surface area (Å²) in [6.45, 7) is 4.21. The monoisotopic (exact) mass is 390 g/mol. The molecule has 8 heteroatoms. The van der Waals surface area contributed by atoms with Gasteiger partial charge in [-0.2, -0.15) is 15.2 Å². The van der Waals surface area contributed by atoms with Crippen molar-refractivity contribution in [1.82, 2.24) is 29.7 Å². The maximum absolute atomic E-state index is 12.3. The van der Waals surface area contributed by atoms with Crippen molar-refractivity contribution in [2.75, 3.05) is 0 Å². The zero-order valence-electron chi connectivity index (χ0n) is 16.6. The molecule has 0 unspecified atom stereocenters. The fourth-order valence-corrected chi connectivity index (χ4v) is 3.06. The molecular weight excluding hydrogens is 368 g/mol. The van der Waals surface area contributed by atoms with E-state index in [2.05, 4.69) is 34.2 Å². The zero-order valence-corrected chi connectivity index (χ0v) is 16.6. The third-order valence-electron chi connectivity index (χ3n) is 4.44. The predicted octanol–water partition coefficient (Wildman–Crippen LogP) is 2.81. The van der Waals surface area contributed by atoms with Crippen LogP contribution < -0.4 is 5.43 Å². The molecule has 29 heavy (non-hydrogen) atoms. The van der Waals surface area contributed by atoms with Crippen LogP contribution in [0.5, 0.6) is 0 Å². The largest absolute Gasteiger partial charge is 0.339 e. The van der Waals surface area contributed by atoms with Gasteiger partial charge in [0.25, 0.3) is 0 Å². The van der Waals surface area contributed by atoms with Gasteiger partial charge in [0.05, 0.1) is 12.4 Å². The van der Waals surface area contributed by atoms with Gasteiger partial charge in [-0.15, -0.1) is 0 Å². The van der Waals surface area contributed by atoms with E-state index in [0.717, 1.165) is 23.2 Å². The molecule has 4 aromatic rings. The lowest BCUT2D eigenvalue weighted by molar-refractivity contribution is 0.363. The van der Waals surface area contributed by atoms with Gasteiger partial charge in [0.1, 0.15) is 11.4 Å². The van der Waals surface area contributed by atoms with Crippen LogP contribution in [-0.2, 0) is 19.9 Å². The van der Waals surface area contributed by atoms with Crippen molar-refractivity contribution < 1.29 is 4.52 Å². The molecule has 0 amide bonds. The maximum Gasteiger partial charge on any atom is 0.227 e. The van der Waals surface area contributed by atoms with Gasteiger partial charge in [-0.1, -0.05) is 37.2 Å². The summed E-state index contributed by atoms with van der Waals surface area (Å²) in [4.78, 5) is 16.8. The average molecular weight is 390 g/mol. The Kier molecular flexibility index (Phi) is 5.07. The lowest BCUT2D eigenvalue weighted by Gasteiger charge is -2.06. The van der Waals surface area contributed by atoms with Gasteiger partial charge in [-0.25, -0.2) is 4.68 Å². The van der Waals surface area contributed by atoms with Gasteiger partial charge < -0.3 is 4.52 Å². The Bertz CT molecular complexity index is 1190. The number of aryl methyl sites for hydroxylation is 1. The van der Waals surface area contributed by atoms with Crippen LogP contribution >= 0.6 is 0 Å². The molecule has 0 atom stereocenters. The van der Waals surface area contributed by atoms with Crippen molar-refractivity contribution in [3.05, 3.63) is 76.3 Å². The van der Waals surface area contributed by atoms with Crippen LogP contribution in [0.3, 0.4) is 0 Å². The second kappa shape index (κ2) is 7.83. The zero-order chi connectivity index (χ0) is 20.4. The second-order valence-corrected chi connectivity index (χ2v) is 7.43. The van der Waals surface area contributed by atoms with Crippen LogP contribution in [0.2, 0.25) is 0 Å². The third kappa shape index (κ3) is 4.31. The highest BCUT2D eigenvalue weighted by Crippen LogP contribution is 2.19. The van der Waals surface area contributed by atoms with E-state index in [-0.39, 0.29) is 5.43 Å². The number of benzene rings is 1. The predicted molar refractivity (Wildman–Crippen MR) is 108 cm³/mol. The van der Waals surface area contributed by atoms with Gasteiger partial charge in [0, 0.05) is 37.7 Å². The molecule has 0 saturated heterocycles. The normalized spacial score (nSPS) is 11.3. The minimum atomic E-state index is -0.102. The first kappa shape index (κ1) is 18.8. The molecule has 0 fully saturated rings. The Morgan fingerprint density at radius 3 is 2.83 bits per heavy atom. The van der Waals surface area contributed by atoms with Crippen molar-refractivity contribution in [1.29, 1.82) is 0 Å². The molecule has 0 N–H and O–H groups in total. The van der Waals surface area contributed by atoms with E-state index in [0.29, 0.717) is 29.7 Å². The summed E-state index contributed by atoms with van der Waals surface area (Å²) >= 11 is 0. The SMILES string of the molecule is CC(C)Cc1nc(-c2cccc(Cc3nn(-c4cnn(C)c4)ccc3=O)c2)no1. The van der Waals surface area contributed by atoms with Crippen molar-refractivity contribution in [3.8, 4) is 17.1 Å². The van der Waals surface area contributed by atoms with Crippen LogP contribution in [0, 0.1) is 5.92 Å². The Labute approximate surface area is 167 Å². The van der Waals surface area contributed by atoms with Crippen molar-refractivity contribution in [3.63, 3.8) is 0 Å². The number of rotatable bonds is 6. The molecule has 0 radical (unpaired) electrons. The van der Waals surface area contributed by atoms with E-state index in [1.165, 1.54) is 6.07 Å². The third-order valence-corrected chi connectivity index (χ3v) is 4.44. The number of aromatic nitrogens is 6. The Morgan fingerprint density at radius 1 is 1.21 bits per heavy atom. The maximum atomic E-state index is 12.3. The summed E-state index contributed by atoms with van der Waals surface area (Å²) in [5, 5.41) is 12.7. The summed E-state index contributed by atoms with van der Waals surface area (Å²) in [7, 11) is 1.84. The van der Waals surface area contributed by atoms with Gasteiger partial charge in [0.15, 0.2) is 0 Å². The number of hydrogen-bond donors (Lipinski definition) is 0. The van der Waals surface area contributed by atoms with Gasteiger partial charge >= 0.3 is 0 Å². The Morgan fingerprint density at radius 2 is 2.07 bits per heavy atom. The topological polar surface area (TPSA) is 91.6 Å². The van der Waals surface area contributed by atoms with E-state index in [1.54, 1.807) is 21.8 Å². The highest BCUT2D eigenvalue weighted by Gasteiger charge is 2.12. The fraction of sp³-hybridized carbons (Fsp3) is 0.286. The van der Waals surface area contributed by atoms with Crippen LogP contribution in [0.4, 0.5) is 0 Å². The van der Waals surface area contributed by atoms with E-state index >= 15 is 0 Å². The number of nitrogens with zero attached hydrogens (tertiary/aromatic N) is 6. The summed E-state index contributed by atoms with van der Waals surface area (Å²) in [5.74, 6) is 1.63. The standard InChI is InChI=1S/C21H22N6O2/c1-14(2)9-20-23-21(25-29-20)16-6-4-5-15(10-16)11-18-19(28)7-8-27(24-18)17-12-22-26(3)13-17/h4-8,10,12-14H,9,11H2,1-3H3. The first-order valence-electron chi connectivity index (χ1n) is 9.48. The van der Waals surface area contributed by atoms with Gasteiger partial charge in [-0.3, -0.25) is 9.48 Å². The smallest absolute Gasteiger partial charge is 0.227 e. The molecule has 0 aliphatic rings. The summed E-state index contributed by atoms with van der Waals surface area (Å²) < 4.78 is 8.69. The second-order valence-electron chi connectivity index (χ2n) is 7.43. The van der Waals surface area contributed by atoms with Crippen LogP contribution in [0.25, 0.3) is 17.1 Å². The van der Waals surface area contributed by atoms with Crippen molar-refractivity contribution in [2.45, 2.75) is 26.7 Å². The van der Waals surface area contributed by atoms with E-state index < -0.39 is 0 Å². The molecule has 148 valence electrons. The lowest BCUT2D eigenvalue weighted by atomic mass is 10.1. The molecule has 0 saturated carbocycles. The first-order valence-corrected chi connectivity index (χ1v) is 9.48. The first-order chi connectivity index (χ1) is 14.0. The lowest BCUT2D eigenvalue weighted by Crippen LogP contribution is -2.16. The molecule has 3 aromatic heterocycles. The average Bonchev–Trinajstić information content (AvgIpc) is 3.32. The molecule has 0 aliphatic carbocycles. The summed E-state index contributed by atoms with van der Waals surface area (Å²) in [6, 6.07) is 9.30.